The van der Waals surface area contributed by atoms with Gasteiger partial charge < -0.3 is 52.1 Å². The summed E-state index contributed by atoms with van der Waals surface area (Å²) < 4.78 is 415. The monoisotopic (exact) mass is 1550 g/mol. The molecule has 2 N–H and O–H groups in total. The average molecular weight is 1550 g/mol. The van der Waals surface area contributed by atoms with Gasteiger partial charge in [0.15, 0.2) is 6.10 Å². The molecule has 0 bridgehead atoms. The van der Waals surface area contributed by atoms with E-state index in [4.69, 9.17) is 18.5 Å². The maximum Gasteiger partial charge on any atom is 0.673 e. The quantitative estimate of drug-likeness (QED) is 0.0443. The molecule has 97 heavy (non-hydrogen) atoms. The second-order valence-electron chi connectivity index (χ2n) is 20.9. The Morgan fingerprint density at radius 3 is 1.08 bits per heavy atom. The molecule has 1 saturated carbocycles. The van der Waals surface area contributed by atoms with Crippen molar-refractivity contribution in [1.29, 1.82) is 0 Å². The molecule has 6 aromatic carbocycles. The zero-order valence-corrected chi connectivity index (χ0v) is 51.1. The maximum atomic E-state index is 14.7. The van der Waals surface area contributed by atoms with Gasteiger partial charge in [-0.1, -0.05) is 73.5 Å². The predicted octanol–water partition coefficient (Wildman–Crippen LogP) is 18.5. The van der Waals surface area contributed by atoms with Crippen LogP contribution in [0.3, 0.4) is 0 Å². The van der Waals surface area contributed by atoms with Crippen LogP contribution in [0.5, 0.6) is 5.75 Å². The van der Waals surface area contributed by atoms with Crippen LogP contribution in [0.2, 0.25) is 0 Å². The minimum atomic E-state index is -6.00. The molecule has 1 aliphatic heterocycles. The molecule has 0 spiro atoms. The number of hydrogen-bond acceptors (Lipinski definition) is 6. The maximum absolute atomic E-state index is 14.7. The molecule has 3 aliphatic rings. The molecule has 0 amide bonds. The van der Waals surface area contributed by atoms with Crippen molar-refractivity contribution in [3.63, 3.8) is 0 Å². The Morgan fingerprint density at radius 2 is 0.753 bits per heavy atom. The van der Waals surface area contributed by atoms with Gasteiger partial charge >= 0.3 is 56.7 Å². The number of allylic oxidation sites excluding steroid dienone is 4. The molecule has 1 radical (unpaired) electrons. The Hall–Kier alpha value is -6.01. The molecule has 6 nitrogen and oxygen atoms in total. The van der Waals surface area contributed by atoms with E-state index in [0.29, 0.717) is 0 Å². The van der Waals surface area contributed by atoms with Crippen molar-refractivity contribution in [2.75, 3.05) is 0 Å². The van der Waals surface area contributed by atoms with E-state index in [0.717, 1.165) is 42.8 Å². The van der Waals surface area contributed by atoms with Gasteiger partial charge in [-0.25, -0.2) is 0 Å². The summed E-state index contributed by atoms with van der Waals surface area (Å²) in [7, 11) is -14.8. The number of hydrogen-bond donors (Lipinski definition) is 2. The molecule has 533 valence electrons. The summed E-state index contributed by atoms with van der Waals surface area (Å²) in [5.41, 5.74) is -22.4. The molecule has 1 saturated heterocycles. The summed E-state index contributed by atoms with van der Waals surface area (Å²) in [4.78, 5) is 0. The summed E-state index contributed by atoms with van der Waals surface area (Å²) in [6, 6.07) is 7.10. The Balaban J connectivity index is 0.000000956. The second kappa shape index (κ2) is 30.1. The van der Waals surface area contributed by atoms with Gasteiger partial charge in [-0.3, -0.25) is 6.08 Å². The van der Waals surface area contributed by atoms with E-state index in [2.05, 4.69) is 24.3 Å². The van der Waals surface area contributed by atoms with Gasteiger partial charge in [0.25, 0.3) is 0 Å². The standard InChI is InChI=1S/C51H30F24O6P2.C8H11.BF4.Rh/c52-44(53,54)24-11-25(45(55,56)57)16-33(15-24)82(34-17-26(46(58,59)60)12-27(18-34)47(61,62)63)80-39-41(43(77)37(23-7-3-1-4-8-23)38(76)40(43)79-42(39)78-32-9-5-2-6-10-32)81-83(35-19-28(48(64,65)66)13-29(20-35)49(67,68)69)36-21-30(50(70,71)72)14-31(22-36)51(73,74)75;1-2-4-6-8-7-5-3-1;2-1(3,4)5;/h1-22,37-42,76-77H;1-2,7H,3-6H2;;/q;2*-1;/b;2-1-;;/t37?,38?,39-,40-,41-,42-,43-;;;/m1.../s1. The fourth-order valence-corrected chi connectivity index (χ4v) is 13.9. The van der Waals surface area contributed by atoms with Crippen molar-refractivity contribution in [1.82, 2.24) is 0 Å². The average Bonchev–Trinajstić information content (AvgIpc) is 0.687. The first-order chi connectivity index (χ1) is 43.9. The number of benzene rings is 6. The first kappa shape index (κ1) is 80.0. The molecule has 0 aromatic heterocycles. The molecule has 6 aromatic rings. The summed E-state index contributed by atoms with van der Waals surface area (Å²) in [6.07, 6.45) is -46.3. The first-order valence-corrected chi connectivity index (χ1v) is 29.5. The van der Waals surface area contributed by atoms with Crippen LogP contribution in [0.1, 0.15) is 81.7 Å². The number of rotatable bonds is 11. The van der Waals surface area contributed by atoms with E-state index in [-0.39, 0.29) is 73.6 Å². The third kappa shape index (κ3) is 20.6. The summed E-state index contributed by atoms with van der Waals surface area (Å²) in [6.45, 7) is 0. The van der Waals surface area contributed by atoms with Crippen LogP contribution in [0, 0.1) is 6.08 Å². The van der Waals surface area contributed by atoms with Crippen LogP contribution >= 0.6 is 16.3 Å². The number of fused-ring (bicyclic) bond motifs is 1. The molecule has 38 heteroatoms. The predicted molar refractivity (Wildman–Crippen MR) is 289 cm³/mol. The van der Waals surface area contributed by atoms with Gasteiger partial charge in [0.2, 0.25) is 6.29 Å². The molecule has 2 unspecified atom stereocenters. The van der Waals surface area contributed by atoms with E-state index in [1.807, 2.05) is 0 Å². The number of para-hydroxylation sites is 1. The minimum Gasteiger partial charge on any atom is -0.500 e. The Morgan fingerprint density at radius 1 is 0.443 bits per heavy atom. The van der Waals surface area contributed by atoms with Gasteiger partial charge in [0.05, 0.1) is 66.9 Å². The van der Waals surface area contributed by atoms with Crippen molar-refractivity contribution >= 4 is 44.8 Å². The van der Waals surface area contributed by atoms with Crippen molar-refractivity contribution < 1.29 is 171 Å². The second-order valence-corrected chi connectivity index (χ2v) is 24.5. The van der Waals surface area contributed by atoms with Gasteiger partial charge in [-0.05, 0) is 96.9 Å². The van der Waals surface area contributed by atoms with Gasteiger partial charge in [0.1, 0.15) is 23.6 Å². The topological polar surface area (TPSA) is 77.4 Å². The van der Waals surface area contributed by atoms with Gasteiger partial charge in [0, 0.05) is 46.6 Å². The zero-order chi connectivity index (χ0) is 71.7. The normalized spacial score (nSPS) is 21.6. The summed E-state index contributed by atoms with van der Waals surface area (Å²) in [5.74, 6) is -2.65. The smallest absolute Gasteiger partial charge is 0.500 e. The zero-order valence-electron chi connectivity index (χ0n) is 47.6. The third-order valence-corrected chi connectivity index (χ3v) is 17.8. The van der Waals surface area contributed by atoms with Crippen molar-refractivity contribution in [2.45, 2.75) is 117 Å². The van der Waals surface area contributed by atoms with Gasteiger partial charge in [-0.15, -0.1) is 0 Å². The Bertz CT molecular complexity index is 3370. The molecule has 7 atom stereocenters. The number of alkyl halides is 24. The first-order valence-electron chi connectivity index (χ1n) is 27.0. The van der Waals surface area contributed by atoms with Crippen LogP contribution in [0.15, 0.2) is 152 Å². The number of aliphatic hydroxyl groups excluding tert-OH is 1. The van der Waals surface area contributed by atoms with E-state index >= 15 is 0 Å². The Kier molecular flexibility index (Phi) is 24.8. The summed E-state index contributed by atoms with van der Waals surface area (Å²) in [5, 5.41) is 18.5. The molecular weight excluding hydrogens is 1510 g/mol. The third-order valence-electron chi connectivity index (χ3n) is 14.0. The van der Waals surface area contributed by atoms with E-state index in [1.54, 1.807) is 0 Å². The molecule has 9 rings (SSSR count). The molecule has 2 aliphatic carbocycles. The molecule has 1 heterocycles. The van der Waals surface area contributed by atoms with E-state index in [1.165, 1.54) is 43.5 Å². The van der Waals surface area contributed by atoms with Crippen LogP contribution < -0.4 is 26.0 Å². The minimum absolute atomic E-state index is 0. The summed E-state index contributed by atoms with van der Waals surface area (Å²) >= 11 is 0. The Labute approximate surface area is 544 Å². The van der Waals surface area contributed by atoms with E-state index in [9.17, 15) is 133 Å². The fourth-order valence-electron chi connectivity index (χ4n) is 9.82. The van der Waals surface area contributed by atoms with Crippen LogP contribution in [-0.2, 0) is 82.7 Å². The largest absolute Gasteiger partial charge is 0.673 e. The van der Waals surface area contributed by atoms with Crippen molar-refractivity contribution in [3.8, 4) is 5.75 Å². The van der Waals surface area contributed by atoms with Crippen LogP contribution in [0.25, 0.3) is 0 Å². The van der Waals surface area contributed by atoms with Crippen LogP contribution in [-0.4, -0.2) is 53.8 Å². The number of halogens is 28. The SMILES string of the molecule is F[B-](F)(F)F.OC1C(c2ccccc2)[C@@]2(O)[C@@H]1O[C@@H](Oc1ccccc1)[C@H](OP(c1cc(C(F)(F)F)cc(C(F)(F)F)c1)c1cc(C(F)(F)F)cc(C(F)(F)F)c1)[C@H]2OP(c1cc(C(F)(F)F)cc(C(F)(F)F)c1)c1cc(C(F)(F)F)cc(C(F)(F)F)c1.[C-]1=CCC/C=C\CC1.[Rh]. The van der Waals surface area contributed by atoms with Gasteiger partial charge in [-0.2, -0.15) is 112 Å². The number of aliphatic hydroxyl groups is 2. The molecule has 2 fully saturated rings. The van der Waals surface area contributed by atoms with Crippen LogP contribution in [0.4, 0.5) is 123 Å². The molecular formula is C59H41BF28O6P2Rh-2. The van der Waals surface area contributed by atoms with E-state index < -0.39 is 211 Å². The van der Waals surface area contributed by atoms with Crippen molar-refractivity contribution in [2.24, 2.45) is 0 Å². The van der Waals surface area contributed by atoms with Crippen molar-refractivity contribution in [3.05, 3.63) is 208 Å². The fraction of sp³-hybridized carbons (Fsp3) is 0.322. The number of ether oxygens (including phenoxy) is 2.